The maximum absolute atomic E-state index is 12.4. The topological polar surface area (TPSA) is 64.9 Å². The number of hydrogen-bond acceptors (Lipinski definition) is 3. The van der Waals surface area contributed by atoms with E-state index in [-0.39, 0.29) is 5.57 Å². The minimum absolute atomic E-state index is 0.0310. The molecular formula is C21H22ClN3O. The predicted octanol–water partition coefficient (Wildman–Crippen LogP) is 4.44. The lowest BCUT2D eigenvalue weighted by Gasteiger charge is -2.12. The summed E-state index contributed by atoms with van der Waals surface area (Å²) in [5, 5.41) is 15.8. The van der Waals surface area contributed by atoms with Gasteiger partial charge in [0.25, 0.3) is 5.91 Å². The summed E-state index contributed by atoms with van der Waals surface area (Å²) < 4.78 is 0. The first-order valence-corrected chi connectivity index (χ1v) is 8.76. The fourth-order valence-electron chi connectivity index (χ4n) is 2.79. The van der Waals surface area contributed by atoms with Crippen molar-refractivity contribution in [3.8, 4) is 6.07 Å². The maximum Gasteiger partial charge on any atom is 0.267 e. The van der Waals surface area contributed by atoms with Crippen molar-refractivity contribution in [1.82, 2.24) is 5.32 Å². The quantitative estimate of drug-likeness (QED) is 0.450. The third kappa shape index (κ3) is 5.11. The Morgan fingerprint density at radius 3 is 2.46 bits per heavy atom. The van der Waals surface area contributed by atoms with E-state index in [4.69, 9.17) is 11.6 Å². The fraction of sp³-hybridized carbons (Fsp3) is 0.238. The van der Waals surface area contributed by atoms with E-state index in [0.29, 0.717) is 18.0 Å². The van der Waals surface area contributed by atoms with Gasteiger partial charge in [-0.2, -0.15) is 5.26 Å². The van der Waals surface area contributed by atoms with Crippen LogP contribution in [-0.2, 0) is 11.2 Å². The van der Waals surface area contributed by atoms with Crippen molar-refractivity contribution in [2.45, 2.75) is 27.2 Å². The summed E-state index contributed by atoms with van der Waals surface area (Å²) in [6.07, 6.45) is 2.15. The third-order valence-electron chi connectivity index (χ3n) is 4.02. The molecule has 2 aromatic rings. The van der Waals surface area contributed by atoms with E-state index in [1.54, 1.807) is 0 Å². The summed E-state index contributed by atoms with van der Waals surface area (Å²) in [5.74, 6) is -0.423. The molecule has 2 aromatic carbocycles. The molecular weight excluding hydrogens is 346 g/mol. The Hall–Kier alpha value is -2.77. The van der Waals surface area contributed by atoms with E-state index in [1.807, 2.05) is 63.2 Å². The number of carbonyl (C=O) groups is 1. The van der Waals surface area contributed by atoms with E-state index in [0.717, 1.165) is 27.9 Å². The zero-order valence-corrected chi connectivity index (χ0v) is 15.9. The molecule has 5 heteroatoms. The molecule has 0 aliphatic carbocycles. The number of hydrogen-bond donors (Lipinski definition) is 2. The molecule has 0 heterocycles. The average Bonchev–Trinajstić information content (AvgIpc) is 2.59. The van der Waals surface area contributed by atoms with Gasteiger partial charge in [-0.05, 0) is 49.9 Å². The number of nitrogens with zero attached hydrogens (tertiary/aromatic N) is 1. The second kappa shape index (κ2) is 9.07. The summed E-state index contributed by atoms with van der Waals surface area (Å²) in [4.78, 5) is 12.4. The van der Waals surface area contributed by atoms with E-state index >= 15 is 0 Å². The van der Waals surface area contributed by atoms with Crippen molar-refractivity contribution < 1.29 is 4.79 Å². The van der Waals surface area contributed by atoms with Crippen LogP contribution in [0.5, 0.6) is 0 Å². The third-order valence-corrected chi connectivity index (χ3v) is 4.39. The first-order valence-electron chi connectivity index (χ1n) is 8.38. The molecule has 0 unspecified atom stereocenters. The molecule has 0 saturated heterocycles. The number of benzene rings is 2. The highest BCUT2D eigenvalue weighted by Crippen LogP contribution is 2.22. The second-order valence-corrected chi connectivity index (χ2v) is 6.60. The molecule has 0 aliphatic rings. The van der Waals surface area contributed by atoms with Gasteiger partial charge in [-0.1, -0.05) is 47.5 Å². The van der Waals surface area contributed by atoms with Gasteiger partial charge >= 0.3 is 0 Å². The van der Waals surface area contributed by atoms with Crippen LogP contribution in [-0.4, -0.2) is 12.5 Å². The van der Waals surface area contributed by atoms with E-state index < -0.39 is 5.91 Å². The van der Waals surface area contributed by atoms with Gasteiger partial charge in [0.1, 0.15) is 11.6 Å². The van der Waals surface area contributed by atoms with E-state index in [2.05, 4.69) is 10.6 Å². The Kier molecular flexibility index (Phi) is 6.82. The number of aryl methyl sites for hydroxylation is 3. The number of halogens is 1. The number of rotatable bonds is 6. The lowest BCUT2D eigenvalue weighted by Crippen LogP contribution is -2.19. The molecule has 0 radical (unpaired) electrons. The van der Waals surface area contributed by atoms with Crippen molar-refractivity contribution in [2.24, 2.45) is 0 Å². The van der Waals surface area contributed by atoms with Crippen LogP contribution in [0.2, 0.25) is 5.02 Å². The van der Waals surface area contributed by atoms with Crippen molar-refractivity contribution in [1.29, 1.82) is 5.26 Å². The lowest BCUT2D eigenvalue weighted by molar-refractivity contribution is -0.112. The Labute approximate surface area is 159 Å². The molecule has 0 aromatic heterocycles. The zero-order valence-electron chi connectivity index (χ0n) is 15.2. The van der Waals surface area contributed by atoms with E-state index in [1.165, 1.54) is 6.20 Å². The number of nitriles is 1. The molecule has 26 heavy (non-hydrogen) atoms. The first kappa shape index (κ1) is 19.6. The average molecular weight is 368 g/mol. The van der Waals surface area contributed by atoms with Crippen molar-refractivity contribution in [3.05, 3.63) is 75.4 Å². The highest BCUT2D eigenvalue weighted by Gasteiger charge is 2.12. The molecule has 0 fully saturated rings. The minimum atomic E-state index is -0.423. The lowest BCUT2D eigenvalue weighted by atomic mass is 10.0. The van der Waals surface area contributed by atoms with Gasteiger partial charge in [-0.15, -0.1) is 0 Å². The van der Waals surface area contributed by atoms with Crippen LogP contribution in [0.15, 0.2) is 48.2 Å². The number of carbonyl (C=O) groups excluding carboxylic acids is 1. The first-order chi connectivity index (χ1) is 12.4. The molecule has 2 N–H and O–H groups in total. The molecule has 134 valence electrons. The van der Waals surface area contributed by atoms with Crippen molar-refractivity contribution in [2.75, 3.05) is 11.9 Å². The van der Waals surface area contributed by atoms with E-state index in [9.17, 15) is 10.1 Å². The summed E-state index contributed by atoms with van der Waals surface area (Å²) in [6, 6.07) is 13.5. The van der Waals surface area contributed by atoms with Crippen molar-refractivity contribution >= 4 is 23.2 Å². The Morgan fingerprint density at radius 1 is 1.19 bits per heavy atom. The summed E-state index contributed by atoms with van der Waals surface area (Å²) in [7, 11) is 0. The minimum Gasteiger partial charge on any atom is -0.389 e. The SMILES string of the molecule is Cc1cc(C)c(NC(=O)/C(C#N)=C\NCCc2ccccc2Cl)c(C)c1. The monoisotopic (exact) mass is 367 g/mol. The molecule has 0 bridgehead atoms. The molecule has 0 atom stereocenters. The van der Waals surface area contributed by atoms with Crippen LogP contribution in [0.1, 0.15) is 22.3 Å². The van der Waals surface area contributed by atoms with Gasteiger partial charge in [-0.3, -0.25) is 4.79 Å². The predicted molar refractivity (Wildman–Crippen MR) is 106 cm³/mol. The normalized spacial score (nSPS) is 11.0. The van der Waals surface area contributed by atoms with Gasteiger partial charge in [0.05, 0.1) is 0 Å². The van der Waals surface area contributed by atoms with Gasteiger partial charge < -0.3 is 10.6 Å². The van der Waals surface area contributed by atoms with Crippen LogP contribution in [0, 0.1) is 32.1 Å². The standard InChI is InChI=1S/C21H22ClN3O/c1-14-10-15(2)20(16(3)11-14)25-21(26)18(12-23)13-24-9-8-17-6-4-5-7-19(17)22/h4-7,10-11,13,24H,8-9H2,1-3H3,(H,25,26)/b18-13-. The molecule has 4 nitrogen and oxygen atoms in total. The molecule has 0 spiro atoms. The Balaban J connectivity index is 1.99. The number of anilines is 1. The summed E-state index contributed by atoms with van der Waals surface area (Å²) in [6.45, 7) is 6.46. The van der Waals surface area contributed by atoms with Gasteiger partial charge in [0.2, 0.25) is 0 Å². The highest BCUT2D eigenvalue weighted by molar-refractivity contribution is 6.31. The van der Waals surface area contributed by atoms with Crippen LogP contribution in [0.25, 0.3) is 0 Å². The van der Waals surface area contributed by atoms with Gasteiger partial charge in [0.15, 0.2) is 0 Å². The molecule has 2 rings (SSSR count). The number of amides is 1. The smallest absolute Gasteiger partial charge is 0.267 e. The van der Waals surface area contributed by atoms with Crippen LogP contribution in [0.3, 0.4) is 0 Å². The fourth-order valence-corrected chi connectivity index (χ4v) is 3.02. The van der Waals surface area contributed by atoms with Crippen LogP contribution < -0.4 is 10.6 Å². The summed E-state index contributed by atoms with van der Waals surface area (Å²) in [5.41, 5.74) is 4.88. The Bertz CT molecular complexity index is 858. The van der Waals surface area contributed by atoms with Crippen molar-refractivity contribution in [3.63, 3.8) is 0 Å². The summed E-state index contributed by atoms with van der Waals surface area (Å²) >= 11 is 6.11. The largest absolute Gasteiger partial charge is 0.389 e. The van der Waals surface area contributed by atoms with Gasteiger partial charge in [-0.25, -0.2) is 0 Å². The number of nitrogens with one attached hydrogen (secondary N) is 2. The Morgan fingerprint density at radius 2 is 1.85 bits per heavy atom. The molecule has 1 amide bonds. The van der Waals surface area contributed by atoms with Crippen LogP contribution >= 0.6 is 11.6 Å². The highest BCUT2D eigenvalue weighted by atomic mass is 35.5. The zero-order chi connectivity index (χ0) is 19.1. The molecule has 0 aliphatic heterocycles. The maximum atomic E-state index is 12.4. The van der Waals surface area contributed by atoms with Gasteiger partial charge in [0, 0.05) is 23.5 Å². The molecule has 0 saturated carbocycles. The van der Waals surface area contributed by atoms with Crippen LogP contribution in [0.4, 0.5) is 5.69 Å². The second-order valence-electron chi connectivity index (χ2n) is 6.19.